The highest BCUT2D eigenvalue weighted by Gasteiger charge is 2.73. The van der Waals surface area contributed by atoms with Crippen LogP contribution < -0.4 is 0 Å². The molecular formula is C20H26O5. The number of rotatable bonds is 1. The fraction of sp³-hybridized carbons (Fsp3) is 0.850. The van der Waals surface area contributed by atoms with E-state index in [4.69, 9.17) is 9.47 Å². The van der Waals surface area contributed by atoms with Crippen molar-refractivity contribution in [1.29, 1.82) is 0 Å². The number of ether oxygens (including phenoxy) is 2. The van der Waals surface area contributed by atoms with E-state index in [1.807, 2.05) is 6.92 Å². The summed E-state index contributed by atoms with van der Waals surface area (Å²) < 4.78 is 11.7. The molecule has 4 saturated carbocycles. The monoisotopic (exact) mass is 346 g/mol. The molecule has 5 heteroatoms. The molecule has 5 nitrogen and oxygen atoms in total. The van der Waals surface area contributed by atoms with E-state index in [2.05, 4.69) is 0 Å². The van der Waals surface area contributed by atoms with Crippen LogP contribution in [0, 0.1) is 34.5 Å². The van der Waals surface area contributed by atoms with Crippen molar-refractivity contribution < 1.29 is 23.9 Å². The molecule has 25 heavy (non-hydrogen) atoms. The number of carbonyl (C=O) groups is 3. The van der Waals surface area contributed by atoms with Crippen LogP contribution in [0.3, 0.4) is 0 Å². The highest BCUT2D eigenvalue weighted by Crippen LogP contribution is 2.69. The number of esters is 2. The summed E-state index contributed by atoms with van der Waals surface area (Å²) in [6.45, 7) is 3.46. The molecule has 5 rings (SSSR count). The van der Waals surface area contributed by atoms with Crippen molar-refractivity contribution >= 4 is 17.7 Å². The fourth-order valence-corrected chi connectivity index (χ4v) is 7.49. The number of hydrogen-bond acceptors (Lipinski definition) is 5. The van der Waals surface area contributed by atoms with E-state index in [1.165, 1.54) is 6.92 Å². The Labute approximate surface area is 147 Å². The van der Waals surface area contributed by atoms with Crippen molar-refractivity contribution in [3.05, 3.63) is 0 Å². The number of carbonyl (C=O) groups excluding carboxylic acids is 3. The summed E-state index contributed by atoms with van der Waals surface area (Å²) >= 11 is 0. The lowest BCUT2D eigenvalue weighted by molar-refractivity contribution is -0.208. The summed E-state index contributed by atoms with van der Waals surface area (Å²) in [6, 6.07) is 0. The Balaban J connectivity index is 1.65. The zero-order valence-electron chi connectivity index (χ0n) is 15.0. The van der Waals surface area contributed by atoms with Gasteiger partial charge in [0.25, 0.3) is 0 Å². The second-order valence-electron chi connectivity index (χ2n) is 9.36. The van der Waals surface area contributed by atoms with Gasteiger partial charge >= 0.3 is 11.9 Å². The average Bonchev–Trinajstić information content (AvgIpc) is 2.96. The van der Waals surface area contributed by atoms with Crippen molar-refractivity contribution in [3.8, 4) is 0 Å². The van der Waals surface area contributed by atoms with Gasteiger partial charge in [0.2, 0.25) is 0 Å². The molecular weight excluding hydrogens is 320 g/mol. The molecule has 4 aliphatic carbocycles. The maximum Gasteiger partial charge on any atom is 0.312 e. The third kappa shape index (κ3) is 1.82. The van der Waals surface area contributed by atoms with E-state index < -0.39 is 11.5 Å². The molecule has 1 spiro atoms. The molecule has 1 saturated heterocycles. The topological polar surface area (TPSA) is 69.7 Å². The molecule has 8 atom stereocenters. The molecule has 0 radical (unpaired) electrons. The standard InChI is InChI=1S/C20H26O5/c1-10(21)24-17-16-15-12(4-3-7-19(15,2)18(23)25-16)13-6-5-11-8-20(13,17)9-14(11)22/h11-13,15-17H,3-9H2,1-2H3/t11?,12?,13?,15?,16?,17?,19-,20?/m1/s1. The summed E-state index contributed by atoms with van der Waals surface area (Å²) in [5, 5.41) is 0. The average molecular weight is 346 g/mol. The third-order valence-electron chi connectivity index (χ3n) is 8.32. The lowest BCUT2D eigenvalue weighted by atomic mass is 9.46. The van der Waals surface area contributed by atoms with Gasteiger partial charge in [0.15, 0.2) is 0 Å². The van der Waals surface area contributed by atoms with Crippen molar-refractivity contribution in [2.75, 3.05) is 0 Å². The van der Waals surface area contributed by atoms with Crippen molar-refractivity contribution in [3.63, 3.8) is 0 Å². The Kier molecular flexibility index (Phi) is 3.08. The Morgan fingerprint density at radius 3 is 2.80 bits per heavy atom. The molecule has 0 aromatic rings. The zero-order chi connectivity index (χ0) is 17.6. The first-order valence-electron chi connectivity index (χ1n) is 9.78. The summed E-state index contributed by atoms with van der Waals surface area (Å²) in [4.78, 5) is 37.2. The van der Waals surface area contributed by atoms with E-state index in [0.717, 1.165) is 38.5 Å². The summed E-state index contributed by atoms with van der Waals surface area (Å²) in [5.41, 5.74) is -0.757. The Bertz CT molecular complexity index is 671. The Morgan fingerprint density at radius 1 is 1.24 bits per heavy atom. The van der Waals surface area contributed by atoms with Gasteiger partial charge in [-0.3, -0.25) is 14.4 Å². The van der Waals surface area contributed by atoms with Gasteiger partial charge in [-0.2, -0.15) is 0 Å². The quantitative estimate of drug-likeness (QED) is 0.683. The van der Waals surface area contributed by atoms with Crippen LogP contribution in [0.25, 0.3) is 0 Å². The van der Waals surface area contributed by atoms with Gasteiger partial charge in [0.05, 0.1) is 5.41 Å². The van der Waals surface area contributed by atoms with Gasteiger partial charge in [0.1, 0.15) is 18.0 Å². The van der Waals surface area contributed by atoms with Crippen LogP contribution in [0.5, 0.6) is 0 Å². The van der Waals surface area contributed by atoms with Crippen LogP contribution in [0.15, 0.2) is 0 Å². The van der Waals surface area contributed by atoms with Crippen LogP contribution in [0.4, 0.5) is 0 Å². The predicted molar refractivity (Wildman–Crippen MR) is 87.3 cm³/mol. The number of hydrogen-bond donors (Lipinski definition) is 0. The molecule has 0 aromatic carbocycles. The lowest BCUT2D eigenvalue weighted by Gasteiger charge is -2.58. The minimum Gasteiger partial charge on any atom is -0.458 e. The van der Waals surface area contributed by atoms with Gasteiger partial charge < -0.3 is 9.47 Å². The molecule has 1 heterocycles. The second-order valence-corrected chi connectivity index (χ2v) is 9.36. The third-order valence-corrected chi connectivity index (χ3v) is 8.32. The second kappa shape index (κ2) is 4.86. The Hall–Kier alpha value is -1.39. The first-order valence-corrected chi connectivity index (χ1v) is 9.78. The van der Waals surface area contributed by atoms with E-state index >= 15 is 0 Å². The minimum atomic E-state index is -0.451. The molecule has 0 amide bonds. The normalized spacial score (nSPS) is 53.0. The van der Waals surface area contributed by atoms with Gasteiger partial charge in [-0.15, -0.1) is 0 Å². The summed E-state index contributed by atoms with van der Waals surface area (Å²) in [6.07, 6.45) is 5.47. The van der Waals surface area contributed by atoms with Crippen molar-refractivity contribution in [2.24, 2.45) is 34.5 Å². The lowest BCUT2D eigenvalue weighted by Crippen LogP contribution is -2.62. The Morgan fingerprint density at radius 2 is 2.04 bits per heavy atom. The van der Waals surface area contributed by atoms with Crippen LogP contribution in [-0.4, -0.2) is 29.9 Å². The smallest absolute Gasteiger partial charge is 0.312 e. The molecule has 0 aromatic heterocycles. The summed E-state index contributed by atoms with van der Waals surface area (Å²) in [5.74, 6) is 0.877. The van der Waals surface area contributed by atoms with Crippen LogP contribution in [-0.2, 0) is 23.9 Å². The molecule has 2 bridgehead atoms. The van der Waals surface area contributed by atoms with Crippen LogP contribution >= 0.6 is 0 Å². The van der Waals surface area contributed by atoms with E-state index in [0.29, 0.717) is 24.0 Å². The maximum absolute atomic E-state index is 12.7. The van der Waals surface area contributed by atoms with Crippen molar-refractivity contribution in [1.82, 2.24) is 0 Å². The van der Waals surface area contributed by atoms with Gasteiger partial charge in [-0.1, -0.05) is 6.42 Å². The molecule has 7 unspecified atom stereocenters. The van der Waals surface area contributed by atoms with Crippen LogP contribution in [0.1, 0.15) is 58.8 Å². The molecule has 136 valence electrons. The van der Waals surface area contributed by atoms with E-state index in [-0.39, 0.29) is 35.3 Å². The fourth-order valence-electron chi connectivity index (χ4n) is 7.49. The predicted octanol–water partition coefficient (Wildman–Crippen LogP) is 2.66. The first-order chi connectivity index (χ1) is 11.9. The number of Topliss-reactive ketones (excluding diaryl/α,β-unsaturated/α-hetero) is 1. The maximum atomic E-state index is 12.7. The molecule has 5 aliphatic rings. The van der Waals surface area contributed by atoms with Gasteiger partial charge in [-0.05, 0) is 50.9 Å². The summed E-state index contributed by atoms with van der Waals surface area (Å²) in [7, 11) is 0. The number of ketones is 1. The zero-order valence-corrected chi connectivity index (χ0v) is 15.0. The van der Waals surface area contributed by atoms with Crippen LogP contribution in [0.2, 0.25) is 0 Å². The molecule has 0 N–H and O–H groups in total. The number of fused-ring (bicyclic) bond motifs is 2. The SMILES string of the molecule is CC(=O)OC1C2OC(=O)[C@]3(C)CCCC(C4CCC5CC41CC5=O)C23. The minimum absolute atomic E-state index is 0.109. The van der Waals surface area contributed by atoms with E-state index in [9.17, 15) is 14.4 Å². The van der Waals surface area contributed by atoms with Crippen molar-refractivity contribution in [2.45, 2.75) is 71.0 Å². The highest BCUT2D eigenvalue weighted by atomic mass is 16.6. The largest absolute Gasteiger partial charge is 0.458 e. The van der Waals surface area contributed by atoms with Gasteiger partial charge in [0, 0.05) is 30.6 Å². The highest BCUT2D eigenvalue weighted by molar-refractivity contribution is 5.85. The molecule has 5 fully saturated rings. The molecule has 1 aliphatic heterocycles. The first kappa shape index (κ1) is 15.8. The van der Waals surface area contributed by atoms with E-state index in [1.54, 1.807) is 0 Å². The van der Waals surface area contributed by atoms with Gasteiger partial charge in [-0.25, -0.2) is 0 Å².